The first-order chi connectivity index (χ1) is 7.25. The van der Waals surface area contributed by atoms with Gasteiger partial charge in [0, 0.05) is 6.04 Å². The van der Waals surface area contributed by atoms with Gasteiger partial charge >= 0.3 is 0 Å². The fourth-order valence-corrected chi connectivity index (χ4v) is 2.41. The molecule has 0 unspecified atom stereocenters. The smallest absolute Gasteiger partial charge is 0.0576 e. The van der Waals surface area contributed by atoms with Crippen LogP contribution in [0.3, 0.4) is 0 Å². The van der Waals surface area contributed by atoms with Crippen molar-refractivity contribution in [3.63, 3.8) is 0 Å². The van der Waals surface area contributed by atoms with E-state index < -0.39 is 0 Å². The third-order valence-corrected chi connectivity index (χ3v) is 3.26. The van der Waals surface area contributed by atoms with Crippen LogP contribution in [0.2, 0.25) is 0 Å². The average molecular weight is 204 g/mol. The van der Waals surface area contributed by atoms with Gasteiger partial charge in [-0.05, 0) is 30.9 Å². The molecule has 1 saturated carbocycles. The van der Waals surface area contributed by atoms with E-state index in [9.17, 15) is 0 Å². The Bertz CT molecular complexity index is 322. The van der Waals surface area contributed by atoms with Crippen molar-refractivity contribution in [3.05, 3.63) is 24.3 Å². The maximum atomic E-state index is 5.91. The molecule has 2 heteroatoms. The van der Waals surface area contributed by atoms with E-state index in [1.54, 1.807) is 0 Å². The number of para-hydroxylation sites is 2. The number of nitrogen functional groups attached to an aromatic ring is 1. The number of hydrogen-bond donors (Lipinski definition) is 2. The lowest BCUT2D eigenvalue weighted by atomic mass is 9.87. The Hall–Kier alpha value is -1.18. The molecule has 0 amide bonds. The molecule has 0 radical (unpaired) electrons. The number of anilines is 2. The fraction of sp³-hybridized carbons (Fsp3) is 0.538. The minimum Gasteiger partial charge on any atom is -0.397 e. The Labute approximate surface area is 91.9 Å². The molecule has 82 valence electrons. The van der Waals surface area contributed by atoms with Crippen molar-refractivity contribution in [2.24, 2.45) is 5.92 Å². The largest absolute Gasteiger partial charge is 0.397 e. The van der Waals surface area contributed by atoms with Gasteiger partial charge in [0.1, 0.15) is 0 Å². The SMILES string of the molecule is C[C@@H]1CCC[C@@H](Nc2ccccc2N)C1. The zero-order chi connectivity index (χ0) is 10.7. The van der Waals surface area contributed by atoms with E-state index in [2.05, 4.69) is 18.3 Å². The van der Waals surface area contributed by atoms with E-state index in [0.717, 1.165) is 17.3 Å². The Balaban J connectivity index is 1.99. The summed E-state index contributed by atoms with van der Waals surface area (Å²) >= 11 is 0. The molecule has 0 saturated heterocycles. The van der Waals surface area contributed by atoms with Gasteiger partial charge in [-0.1, -0.05) is 31.9 Å². The molecule has 15 heavy (non-hydrogen) atoms. The normalized spacial score (nSPS) is 26.2. The van der Waals surface area contributed by atoms with Crippen molar-refractivity contribution in [1.82, 2.24) is 0 Å². The number of hydrogen-bond acceptors (Lipinski definition) is 2. The van der Waals surface area contributed by atoms with Crippen LogP contribution in [-0.2, 0) is 0 Å². The third kappa shape index (κ3) is 2.65. The van der Waals surface area contributed by atoms with E-state index in [1.165, 1.54) is 25.7 Å². The molecule has 0 aliphatic heterocycles. The summed E-state index contributed by atoms with van der Waals surface area (Å²) in [6, 6.07) is 8.64. The molecule has 2 rings (SSSR count). The highest BCUT2D eigenvalue weighted by atomic mass is 14.9. The van der Waals surface area contributed by atoms with Crippen LogP contribution in [0.1, 0.15) is 32.6 Å². The molecule has 1 aliphatic rings. The average Bonchev–Trinajstić information content (AvgIpc) is 2.22. The maximum Gasteiger partial charge on any atom is 0.0576 e. The molecule has 0 spiro atoms. The van der Waals surface area contributed by atoms with Gasteiger partial charge in [0.2, 0.25) is 0 Å². The number of rotatable bonds is 2. The van der Waals surface area contributed by atoms with E-state index >= 15 is 0 Å². The van der Waals surface area contributed by atoms with Crippen LogP contribution in [0, 0.1) is 5.92 Å². The first-order valence-electron chi connectivity index (χ1n) is 5.87. The van der Waals surface area contributed by atoms with E-state index in [4.69, 9.17) is 5.73 Å². The molecule has 2 nitrogen and oxygen atoms in total. The summed E-state index contributed by atoms with van der Waals surface area (Å²) in [5, 5.41) is 3.55. The Kier molecular flexibility index (Phi) is 3.14. The quantitative estimate of drug-likeness (QED) is 0.726. The summed E-state index contributed by atoms with van der Waals surface area (Å²) in [5.74, 6) is 0.848. The number of nitrogens with two attached hydrogens (primary N) is 1. The summed E-state index contributed by atoms with van der Waals surface area (Å²) in [6.45, 7) is 2.34. The second-order valence-corrected chi connectivity index (χ2v) is 4.70. The molecule has 1 aromatic rings. The molecule has 1 aromatic carbocycles. The summed E-state index contributed by atoms with van der Waals surface area (Å²) in [6.07, 6.45) is 5.26. The topological polar surface area (TPSA) is 38.0 Å². The highest BCUT2D eigenvalue weighted by Crippen LogP contribution is 2.27. The van der Waals surface area contributed by atoms with Crippen LogP contribution < -0.4 is 11.1 Å². The predicted molar refractivity (Wildman–Crippen MR) is 65.9 cm³/mol. The molecule has 0 aromatic heterocycles. The van der Waals surface area contributed by atoms with Crippen molar-refractivity contribution < 1.29 is 0 Å². The monoisotopic (exact) mass is 204 g/mol. The second kappa shape index (κ2) is 4.56. The van der Waals surface area contributed by atoms with Gasteiger partial charge in [-0.25, -0.2) is 0 Å². The highest BCUT2D eigenvalue weighted by molar-refractivity contribution is 5.65. The van der Waals surface area contributed by atoms with Crippen LogP contribution >= 0.6 is 0 Å². The first-order valence-corrected chi connectivity index (χ1v) is 5.87. The zero-order valence-electron chi connectivity index (χ0n) is 9.37. The minimum atomic E-state index is 0.610. The fourth-order valence-electron chi connectivity index (χ4n) is 2.41. The Morgan fingerprint density at radius 1 is 1.27 bits per heavy atom. The lowest BCUT2D eigenvalue weighted by molar-refractivity contribution is 0.359. The van der Waals surface area contributed by atoms with Crippen molar-refractivity contribution in [2.75, 3.05) is 11.1 Å². The van der Waals surface area contributed by atoms with Gasteiger partial charge < -0.3 is 11.1 Å². The lowest BCUT2D eigenvalue weighted by Gasteiger charge is -2.28. The van der Waals surface area contributed by atoms with Gasteiger partial charge in [-0.3, -0.25) is 0 Å². The van der Waals surface area contributed by atoms with Gasteiger partial charge in [-0.15, -0.1) is 0 Å². The van der Waals surface area contributed by atoms with Crippen LogP contribution in [0.4, 0.5) is 11.4 Å². The number of nitrogens with one attached hydrogen (secondary N) is 1. The van der Waals surface area contributed by atoms with Gasteiger partial charge in [0.25, 0.3) is 0 Å². The molecule has 0 bridgehead atoms. The first kappa shape index (κ1) is 10.3. The number of benzene rings is 1. The van der Waals surface area contributed by atoms with Crippen LogP contribution in [0.15, 0.2) is 24.3 Å². The van der Waals surface area contributed by atoms with Gasteiger partial charge in [0.05, 0.1) is 11.4 Å². The van der Waals surface area contributed by atoms with Crippen molar-refractivity contribution in [1.29, 1.82) is 0 Å². The lowest BCUT2D eigenvalue weighted by Crippen LogP contribution is -2.26. The predicted octanol–water partition coefficient (Wildman–Crippen LogP) is 3.26. The summed E-state index contributed by atoms with van der Waals surface area (Å²) in [4.78, 5) is 0. The molecular weight excluding hydrogens is 184 g/mol. The highest BCUT2D eigenvalue weighted by Gasteiger charge is 2.18. The van der Waals surface area contributed by atoms with E-state index in [0.29, 0.717) is 6.04 Å². The summed E-state index contributed by atoms with van der Waals surface area (Å²) < 4.78 is 0. The second-order valence-electron chi connectivity index (χ2n) is 4.70. The molecule has 1 aliphatic carbocycles. The maximum absolute atomic E-state index is 5.91. The molecule has 0 heterocycles. The summed E-state index contributed by atoms with van der Waals surface area (Å²) in [5.41, 5.74) is 7.86. The van der Waals surface area contributed by atoms with Crippen LogP contribution in [0.25, 0.3) is 0 Å². The van der Waals surface area contributed by atoms with E-state index in [1.807, 2.05) is 18.2 Å². The van der Waals surface area contributed by atoms with Crippen LogP contribution in [-0.4, -0.2) is 6.04 Å². The van der Waals surface area contributed by atoms with Crippen LogP contribution in [0.5, 0.6) is 0 Å². The minimum absolute atomic E-state index is 0.610. The zero-order valence-corrected chi connectivity index (χ0v) is 9.37. The third-order valence-electron chi connectivity index (χ3n) is 3.26. The standard InChI is InChI=1S/C13H20N2/c1-10-5-4-6-11(9-10)15-13-8-3-2-7-12(13)14/h2-3,7-8,10-11,15H,4-6,9,14H2,1H3/t10-,11-/m1/s1. The Morgan fingerprint density at radius 2 is 2.07 bits per heavy atom. The molecule has 1 fully saturated rings. The molecule has 3 N–H and O–H groups in total. The summed E-state index contributed by atoms with van der Waals surface area (Å²) in [7, 11) is 0. The van der Waals surface area contributed by atoms with Crippen molar-refractivity contribution >= 4 is 11.4 Å². The molecule has 2 atom stereocenters. The molecular formula is C13H20N2. The van der Waals surface area contributed by atoms with Crippen molar-refractivity contribution in [3.8, 4) is 0 Å². The van der Waals surface area contributed by atoms with E-state index in [-0.39, 0.29) is 0 Å². The Morgan fingerprint density at radius 3 is 2.80 bits per heavy atom. The van der Waals surface area contributed by atoms with Gasteiger partial charge in [-0.2, -0.15) is 0 Å². The van der Waals surface area contributed by atoms with Gasteiger partial charge in [0.15, 0.2) is 0 Å². The van der Waals surface area contributed by atoms with Crippen molar-refractivity contribution in [2.45, 2.75) is 38.6 Å².